The maximum Gasteiger partial charge on any atom is 0.128 e. The zero-order valence-corrected chi connectivity index (χ0v) is 11.1. The van der Waals surface area contributed by atoms with Crippen molar-refractivity contribution in [1.29, 1.82) is 0 Å². The van der Waals surface area contributed by atoms with Crippen LogP contribution in [0.25, 0.3) is 0 Å². The number of hydrogen-bond acceptors (Lipinski definition) is 2. The van der Waals surface area contributed by atoms with Gasteiger partial charge < -0.3 is 10.8 Å². The van der Waals surface area contributed by atoms with Gasteiger partial charge in [0.2, 0.25) is 0 Å². The topological polar surface area (TPSA) is 46.2 Å². The first-order chi connectivity index (χ1) is 7.56. The highest BCUT2D eigenvalue weighted by Gasteiger charge is 2.19. The predicted octanol–water partition coefficient (Wildman–Crippen LogP) is 3.11. The number of aliphatic hydroxyl groups excluding tert-OH is 1. The third-order valence-corrected chi connectivity index (χ3v) is 2.78. The van der Waals surface area contributed by atoms with Gasteiger partial charge in [0.1, 0.15) is 5.82 Å². The van der Waals surface area contributed by atoms with Crippen LogP contribution in [-0.4, -0.2) is 11.2 Å². The van der Waals surface area contributed by atoms with Crippen LogP contribution in [0.15, 0.2) is 18.2 Å². The van der Waals surface area contributed by atoms with Crippen LogP contribution in [-0.2, 0) is 0 Å². The van der Waals surface area contributed by atoms with Crippen LogP contribution in [0.3, 0.4) is 0 Å². The summed E-state index contributed by atoms with van der Waals surface area (Å²) in [7, 11) is 0. The minimum absolute atomic E-state index is 0. The summed E-state index contributed by atoms with van der Waals surface area (Å²) in [5.41, 5.74) is 7.22. The molecule has 3 N–H and O–H groups in total. The third-order valence-electron chi connectivity index (χ3n) is 2.78. The third kappa shape index (κ3) is 4.62. The van der Waals surface area contributed by atoms with Gasteiger partial charge in [-0.25, -0.2) is 4.39 Å². The summed E-state index contributed by atoms with van der Waals surface area (Å²) in [5.74, 6) is -0.339. The van der Waals surface area contributed by atoms with Gasteiger partial charge >= 0.3 is 0 Å². The number of nitrogens with two attached hydrogens (primary N) is 1. The van der Waals surface area contributed by atoms with E-state index in [-0.39, 0.29) is 18.2 Å². The number of benzene rings is 1. The number of halogens is 2. The number of aryl methyl sites for hydroxylation is 1. The summed E-state index contributed by atoms with van der Waals surface area (Å²) < 4.78 is 13.5. The first-order valence-corrected chi connectivity index (χ1v) is 5.76. The zero-order chi connectivity index (χ0) is 12.1. The van der Waals surface area contributed by atoms with Gasteiger partial charge in [0.25, 0.3) is 0 Å². The molecule has 0 aliphatic rings. The Balaban J connectivity index is 0.00000256. The molecule has 17 heavy (non-hydrogen) atoms. The van der Waals surface area contributed by atoms with E-state index in [4.69, 9.17) is 5.73 Å². The molecule has 0 spiro atoms. The monoisotopic (exact) mass is 261 g/mol. The standard InChI is InChI=1S/C13H20FNO.ClH/c1-3-4-5-12(16)13(15)10-8-9(2)6-7-11(10)14;/h6-8,12-13,16H,3-5,15H2,1-2H3;1H/t12-,13+;/m1./s1. The molecular formula is C13H21ClFNO. The van der Waals surface area contributed by atoms with E-state index in [0.717, 1.165) is 18.4 Å². The SMILES string of the molecule is CCCC[C@@H](O)[C@@H](N)c1cc(C)ccc1F.Cl. The van der Waals surface area contributed by atoms with Gasteiger partial charge in [0.15, 0.2) is 0 Å². The van der Waals surface area contributed by atoms with Crippen LogP contribution in [0.5, 0.6) is 0 Å². The second kappa shape index (κ2) is 7.64. The first kappa shape index (κ1) is 16.4. The second-order valence-electron chi connectivity index (χ2n) is 4.26. The van der Waals surface area contributed by atoms with Crippen molar-refractivity contribution in [2.45, 2.75) is 45.3 Å². The zero-order valence-electron chi connectivity index (χ0n) is 10.3. The fourth-order valence-electron chi connectivity index (χ4n) is 1.72. The Labute approximate surface area is 108 Å². The predicted molar refractivity (Wildman–Crippen MR) is 70.8 cm³/mol. The highest BCUT2D eigenvalue weighted by atomic mass is 35.5. The minimum Gasteiger partial charge on any atom is -0.391 e. The van der Waals surface area contributed by atoms with Crippen LogP contribution in [0.1, 0.15) is 43.4 Å². The van der Waals surface area contributed by atoms with Gasteiger partial charge in [-0.2, -0.15) is 0 Å². The van der Waals surface area contributed by atoms with Crippen molar-refractivity contribution in [3.8, 4) is 0 Å². The van der Waals surface area contributed by atoms with E-state index < -0.39 is 12.1 Å². The number of rotatable bonds is 5. The lowest BCUT2D eigenvalue weighted by Crippen LogP contribution is -2.27. The van der Waals surface area contributed by atoms with E-state index in [1.807, 2.05) is 13.8 Å². The Hall–Kier alpha value is -0.640. The molecule has 1 rings (SSSR count). The number of unbranched alkanes of at least 4 members (excludes halogenated alkanes) is 1. The molecule has 0 heterocycles. The molecule has 0 aliphatic heterocycles. The highest BCUT2D eigenvalue weighted by Crippen LogP contribution is 2.22. The summed E-state index contributed by atoms with van der Waals surface area (Å²) in [6.45, 7) is 3.93. The Bertz CT molecular complexity index is 346. The Morgan fingerprint density at radius 2 is 2.06 bits per heavy atom. The largest absolute Gasteiger partial charge is 0.391 e. The molecule has 98 valence electrons. The first-order valence-electron chi connectivity index (χ1n) is 5.76. The summed E-state index contributed by atoms with van der Waals surface area (Å²) in [6.07, 6.45) is 1.85. The summed E-state index contributed by atoms with van der Waals surface area (Å²) in [5, 5.41) is 9.83. The molecule has 1 aromatic rings. The smallest absolute Gasteiger partial charge is 0.128 e. The van der Waals surface area contributed by atoms with Gasteiger partial charge in [0.05, 0.1) is 12.1 Å². The average molecular weight is 262 g/mol. The van der Waals surface area contributed by atoms with Crippen LogP contribution in [0.4, 0.5) is 4.39 Å². The van der Waals surface area contributed by atoms with E-state index in [1.54, 1.807) is 12.1 Å². The van der Waals surface area contributed by atoms with Crippen molar-refractivity contribution in [3.05, 3.63) is 35.1 Å². The van der Waals surface area contributed by atoms with Gasteiger partial charge in [-0.3, -0.25) is 0 Å². The van der Waals surface area contributed by atoms with Crippen molar-refractivity contribution in [2.24, 2.45) is 5.73 Å². The average Bonchev–Trinajstić information content (AvgIpc) is 2.28. The molecule has 0 unspecified atom stereocenters. The fourth-order valence-corrected chi connectivity index (χ4v) is 1.72. The minimum atomic E-state index is -0.670. The molecule has 0 saturated heterocycles. The highest BCUT2D eigenvalue weighted by molar-refractivity contribution is 5.85. The van der Waals surface area contributed by atoms with E-state index in [1.165, 1.54) is 6.07 Å². The summed E-state index contributed by atoms with van der Waals surface area (Å²) in [4.78, 5) is 0. The van der Waals surface area contributed by atoms with Gasteiger partial charge in [-0.15, -0.1) is 12.4 Å². The van der Waals surface area contributed by atoms with Crippen molar-refractivity contribution in [3.63, 3.8) is 0 Å². The van der Waals surface area contributed by atoms with Crippen molar-refractivity contribution >= 4 is 12.4 Å². The molecule has 1 aromatic carbocycles. The molecule has 2 nitrogen and oxygen atoms in total. The normalized spacial score (nSPS) is 13.9. The molecule has 0 amide bonds. The van der Waals surface area contributed by atoms with Crippen LogP contribution in [0.2, 0.25) is 0 Å². The van der Waals surface area contributed by atoms with Crippen molar-refractivity contribution in [1.82, 2.24) is 0 Å². The molecular weight excluding hydrogens is 241 g/mol. The molecule has 0 radical (unpaired) electrons. The molecule has 0 saturated carbocycles. The van der Waals surface area contributed by atoms with E-state index in [2.05, 4.69) is 0 Å². The van der Waals surface area contributed by atoms with Crippen LogP contribution >= 0.6 is 12.4 Å². The van der Waals surface area contributed by atoms with Crippen LogP contribution < -0.4 is 5.73 Å². The van der Waals surface area contributed by atoms with Gasteiger partial charge in [-0.05, 0) is 19.4 Å². The van der Waals surface area contributed by atoms with Gasteiger partial charge in [-0.1, -0.05) is 37.5 Å². The molecule has 0 aliphatic carbocycles. The molecule has 0 aromatic heterocycles. The second-order valence-corrected chi connectivity index (χ2v) is 4.26. The summed E-state index contributed by atoms with van der Waals surface area (Å²) >= 11 is 0. The van der Waals surface area contributed by atoms with Crippen molar-refractivity contribution < 1.29 is 9.50 Å². The Morgan fingerprint density at radius 1 is 1.41 bits per heavy atom. The Kier molecular flexibility index (Phi) is 7.35. The van der Waals surface area contributed by atoms with Crippen molar-refractivity contribution in [2.75, 3.05) is 0 Å². The lowest BCUT2D eigenvalue weighted by atomic mass is 9.97. The molecule has 0 fully saturated rings. The lowest BCUT2D eigenvalue weighted by molar-refractivity contribution is 0.131. The van der Waals surface area contributed by atoms with Crippen LogP contribution in [0, 0.1) is 12.7 Å². The number of hydrogen-bond donors (Lipinski definition) is 2. The Morgan fingerprint density at radius 3 is 2.65 bits per heavy atom. The number of aliphatic hydroxyl groups is 1. The van der Waals surface area contributed by atoms with E-state index >= 15 is 0 Å². The quantitative estimate of drug-likeness (QED) is 0.856. The van der Waals surface area contributed by atoms with E-state index in [9.17, 15) is 9.50 Å². The fraction of sp³-hybridized carbons (Fsp3) is 0.538. The maximum atomic E-state index is 13.5. The van der Waals surface area contributed by atoms with E-state index in [0.29, 0.717) is 12.0 Å². The molecule has 2 atom stereocenters. The molecule has 0 bridgehead atoms. The maximum absolute atomic E-state index is 13.5. The lowest BCUT2D eigenvalue weighted by Gasteiger charge is -2.19. The molecule has 4 heteroatoms. The summed E-state index contributed by atoms with van der Waals surface area (Å²) in [6, 6.07) is 4.17. The van der Waals surface area contributed by atoms with Gasteiger partial charge in [0, 0.05) is 5.56 Å².